The Morgan fingerprint density at radius 3 is 2.45 bits per heavy atom. The molecule has 1 atom stereocenters. The summed E-state index contributed by atoms with van der Waals surface area (Å²) < 4.78 is 44.3. The van der Waals surface area contributed by atoms with Crippen LogP contribution in [-0.4, -0.2) is 25.4 Å². The third-order valence-electron chi connectivity index (χ3n) is 5.64. The number of nitrogens with one attached hydrogen (secondary N) is 1. The van der Waals surface area contributed by atoms with E-state index >= 15 is 0 Å². The van der Waals surface area contributed by atoms with Crippen LogP contribution in [0.3, 0.4) is 0 Å². The first kappa shape index (κ1) is 25.9. The summed E-state index contributed by atoms with van der Waals surface area (Å²) in [7, 11) is 0. The van der Waals surface area contributed by atoms with Crippen molar-refractivity contribution in [2.75, 3.05) is 16.8 Å². The maximum Gasteiger partial charge on any atom is 0.266 e. The molecule has 4 aromatic rings. The molecule has 0 radical (unpaired) electrons. The van der Waals surface area contributed by atoms with E-state index in [-0.39, 0.29) is 64.0 Å². The van der Waals surface area contributed by atoms with Crippen LogP contribution >= 0.6 is 0 Å². The number of aromatic nitrogens is 4. The van der Waals surface area contributed by atoms with E-state index in [1.807, 2.05) is 6.07 Å². The molecule has 0 fully saturated rings. The molecule has 0 aliphatic carbocycles. The number of hydrogen-bond acceptors (Lipinski definition) is 9. The Bertz CT molecular complexity index is 1680. The topological polar surface area (TPSA) is 192 Å². The van der Waals surface area contributed by atoms with Gasteiger partial charge in [0.05, 0.1) is 17.1 Å². The molecule has 194 valence electrons. The minimum absolute atomic E-state index is 0.00128. The highest BCUT2D eigenvalue weighted by Gasteiger charge is 2.24. The van der Waals surface area contributed by atoms with Crippen LogP contribution in [0.1, 0.15) is 36.3 Å². The highest BCUT2D eigenvalue weighted by atomic mass is 19.1. The van der Waals surface area contributed by atoms with Gasteiger partial charge < -0.3 is 22.5 Å². The number of nitrogens with two attached hydrogens (primary N) is 3. The average molecular weight is 523 g/mol. The standard InChI is InChI=1S/C24H20F3N9O2/c1-10(32-21-15(9-28)20(30)34-24(31)35-21)22-33-19-16(27)4-2-11(3-5-17(29)37)18(19)23(38)36(22)14-7-12(25)6-13(26)8-14/h2,4,6-8,10H,3,5H2,1H3,(H2,29,37)(H5,30,31,32,34,35). The summed E-state index contributed by atoms with van der Waals surface area (Å²) in [6.07, 6.45) is -0.138. The third-order valence-corrected chi connectivity index (χ3v) is 5.64. The van der Waals surface area contributed by atoms with Crippen LogP contribution in [0.25, 0.3) is 16.6 Å². The Morgan fingerprint density at radius 1 is 1.13 bits per heavy atom. The Balaban J connectivity index is 2.01. The summed E-state index contributed by atoms with van der Waals surface area (Å²) in [5, 5.41) is 12.1. The highest BCUT2D eigenvalue weighted by Crippen LogP contribution is 2.27. The summed E-state index contributed by atoms with van der Waals surface area (Å²) in [5.41, 5.74) is 15.3. The van der Waals surface area contributed by atoms with E-state index in [1.54, 1.807) is 0 Å². The molecule has 7 N–H and O–H groups in total. The average Bonchev–Trinajstić information content (AvgIpc) is 2.82. The molecule has 2 aromatic heterocycles. The number of rotatable bonds is 7. The van der Waals surface area contributed by atoms with Gasteiger partial charge in [-0.05, 0) is 37.1 Å². The quantitative estimate of drug-likeness (QED) is 0.281. The van der Waals surface area contributed by atoms with E-state index in [4.69, 9.17) is 17.2 Å². The minimum Gasteiger partial charge on any atom is -0.382 e. The SMILES string of the molecule is CC(Nc1nc(N)nc(N)c1C#N)c1nc2c(F)ccc(CCC(N)=O)c2c(=O)n1-c1cc(F)cc(F)c1. The Kier molecular flexibility index (Phi) is 6.85. The van der Waals surface area contributed by atoms with E-state index in [0.29, 0.717) is 6.07 Å². The number of fused-ring (bicyclic) bond motifs is 1. The van der Waals surface area contributed by atoms with Crippen LogP contribution in [-0.2, 0) is 11.2 Å². The first-order valence-electron chi connectivity index (χ1n) is 11.1. The molecular formula is C24H20F3N9O2. The fraction of sp³-hybridized carbons (Fsp3) is 0.167. The lowest BCUT2D eigenvalue weighted by molar-refractivity contribution is -0.117. The van der Waals surface area contributed by atoms with Gasteiger partial charge in [0.15, 0.2) is 5.82 Å². The van der Waals surface area contributed by atoms with Crippen molar-refractivity contribution >= 4 is 34.4 Å². The van der Waals surface area contributed by atoms with Crippen LogP contribution in [0.5, 0.6) is 0 Å². The van der Waals surface area contributed by atoms with Crippen molar-refractivity contribution in [2.24, 2.45) is 5.73 Å². The molecular weight excluding hydrogens is 503 g/mol. The van der Waals surface area contributed by atoms with Gasteiger partial charge in [-0.15, -0.1) is 0 Å². The van der Waals surface area contributed by atoms with Gasteiger partial charge in [-0.2, -0.15) is 15.2 Å². The minimum atomic E-state index is -1.02. The van der Waals surface area contributed by atoms with Crippen molar-refractivity contribution in [1.29, 1.82) is 5.26 Å². The molecule has 0 bridgehead atoms. The molecule has 1 unspecified atom stereocenters. The normalized spacial score (nSPS) is 11.8. The van der Waals surface area contributed by atoms with Gasteiger partial charge in [0.25, 0.3) is 5.56 Å². The van der Waals surface area contributed by atoms with Gasteiger partial charge in [0, 0.05) is 12.5 Å². The molecule has 1 amide bonds. The van der Waals surface area contributed by atoms with Crippen LogP contribution in [0.4, 0.5) is 30.8 Å². The maximum absolute atomic E-state index is 15.0. The van der Waals surface area contributed by atoms with Gasteiger partial charge in [0.1, 0.15) is 46.2 Å². The first-order chi connectivity index (χ1) is 18.0. The summed E-state index contributed by atoms with van der Waals surface area (Å²) in [6.45, 7) is 1.49. The molecule has 11 nitrogen and oxygen atoms in total. The largest absolute Gasteiger partial charge is 0.382 e. The number of benzene rings is 2. The number of hydrogen-bond donors (Lipinski definition) is 4. The zero-order valence-corrected chi connectivity index (χ0v) is 19.8. The molecule has 38 heavy (non-hydrogen) atoms. The zero-order valence-electron chi connectivity index (χ0n) is 19.8. The van der Waals surface area contributed by atoms with Crippen molar-refractivity contribution in [1.82, 2.24) is 19.5 Å². The third kappa shape index (κ3) is 4.89. The van der Waals surface area contributed by atoms with Crippen molar-refractivity contribution in [2.45, 2.75) is 25.8 Å². The summed E-state index contributed by atoms with van der Waals surface area (Å²) in [6, 6.07) is 5.63. The number of amides is 1. The summed E-state index contributed by atoms with van der Waals surface area (Å²) in [4.78, 5) is 37.2. The molecule has 0 spiro atoms. The molecule has 2 aromatic carbocycles. The fourth-order valence-corrected chi connectivity index (χ4v) is 3.99. The predicted octanol–water partition coefficient (Wildman–Crippen LogP) is 2.22. The van der Waals surface area contributed by atoms with Crippen LogP contribution in [0, 0.1) is 28.8 Å². The molecule has 0 aliphatic rings. The van der Waals surface area contributed by atoms with E-state index in [1.165, 1.54) is 13.0 Å². The van der Waals surface area contributed by atoms with Crippen molar-refractivity contribution in [3.8, 4) is 11.8 Å². The summed E-state index contributed by atoms with van der Waals surface area (Å²) >= 11 is 0. The van der Waals surface area contributed by atoms with Crippen LogP contribution < -0.4 is 28.1 Å². The number of anilines is 3. The Hall–Kier alpha value is -5.19. The lowest BCUT2D eigenvalue weighted by atomic mass is 10.0. The Labute approximate surface area is 212 Å². The summed E-state index contributed by atoms with van der Waals surface area (Å²) in [5.74, 6) is -4.20. The zero-order chi connectivity index (χ0) is 27.7. The van der Waals surface area contributed by atoms with Gasteiger partial charge >= 0.3 is 0 Å². The van der Waals surface area contributed by atoms with E-state index in [2.05, 4.69) is 20.3 Å². The molecule has 14 heteroatoms. The number of halogens is 3. The highest BCUT2D eigenvalue weighted by molar-refractivity contribution is 5.83. The van der Waals surface area contributed by atoms with Crippen molar-refractivity contribution in [3.63, 3.8) is 0 Å². The lowest BCUT2D eigenvalue weighted by Gasteiger charge is -2.21. The van der Waals surface area contributed by atoms with Gasteiger partial charge in [0.2, 0.25) is 11.9 Å². The number of nitrogens with zero attached hydrogens (tertiary/aromatic N) is 5. The second-order valence-corrected chi connectivity index (χ2v) is 8.30. The van der Waals surface area contributed by atoms with E-state index in [9.17, 15) is 28.0 Å². The van der Waals surface area contributed by atoms with Gasteiger partial charge in [-0.1, -0.05) is 6.07 Å². The number of nitriles is 1. The van der Waals surface area contributed by atoms with Crippen molar-refractivity contribution in [3.05, 3.63) is 75.1 Å². The van der Waals surface area contributed by atoms with E-state index < -0.39 is 35.0 Å². The van der Waals surface area contributed by atoms with Crippen molar-refractivity contribution < 1.29 is 18.0 Å². The fourth-order valence-electron chi connectivity index (χ4n) is 3.99. The number of aryl methyl sites for hydroxylation is 1. The molecule has 0 saturated heterocycles. The second kappa shape index (κ2) is 10.1. The number of carbonyl (C=O) groups is 1. The van der Waals surface area contributed by atoms with Crippen LogP contribution in [0.15, 0.2) is 35.1 Å². The smallest absolute Gasteiger partial charge is 0.266 e. The molecule has 0 aliphatic heterocycles. The number of carbonyl (C=O) groups excluding carboxylic acids is 1. The van der Waals surface area contributed by atoms with Gasteiger partial charge in [-0.3, -0.25) is 14.2 Å². The molecule has 4 rings (SSSR count). The monoisotopic (exact) mass is 523 g/mol. The second-order valence-electron chi connectivity index (χ2n) is 8.30. The molecule has 2 heterocycles. The predicted molar refractivity (Wildman–Crippen MR) is 132 cm³/mol. The Morgan fingerprint density at radius 2 is 1.82 bits per heavy atom. The lowest BCUT2D eigenvalue weighted by Crippen LogP contribution is -2.29. The van der Waals surface area contributed by atoms with Crippen LogP contribution in [0.2, 0.25) is 0 Å². The van der Waals surface area contributed by atoms with Gasteiger partial charge in [-0.25, -0.2) is 18.2 Å². The van der Waals surface area contributed by atoms with E-state index in [0.717, 1.165) is 22.8 Å². The molecule has 0 saturated carbocycles. The first-order valence-corrected chi connectivity index (χ1v) is 11.1. The number of nitrogen functional groups attached to an aromatic ring is 2. The number of primary amides is 1. The maximum atomic E-state index is 15.0.